The summed E-state index contributed by atoms with van der Waals surface area (Å²) in [5, 5.41) is 13.4. The maximum Gasteiger partial charge on any atom is 0.296 e. The van der Waals surface area contributed by atoms with E-state index < -0.39 is 23.3 Å². The van der Waals surface area contributed by atoms with Gasteiger partial charge in [0.2, 0.25) is 0 Å². The fraction of sp³-hybridized carbons (Fsp3) is 0.133. The van der Waals surface area contributed by atoms with Crippen molar-refractivity contribution in [1.29, 1.82) is 0 Å². The second-order valence-corrected chi connectivity index (χ2v) is 4.43. The normalized spacial score (nSPS) is 10.0. The molecule has 1 N–H and O–H groups in total. The van der Waals surface area contributed by atoms with Gasteiger partial charge < -0.3 is 14.8 Å². The number of benzene rings is 2. The van der Waals surface area contributed by atoms with Crippen molar-refractivity contribution in [2.24, 2.45) is 0 Å². The summed E-state index contributed by atoms with van der Waals surface area (Å²) >= 11 is 0. The summed E-state index contributed by atoms with van der Waals surface area (Å²) in [5.41, 5.74) is -0.285. The number of hydrogen-bond acceptors (Lipinski definition) is 5. The predicted octanol–water partition coefficient (Wildman–Crippen LogP) is 2.76. The standard InChI is InChI=1S/C15H13FN2O5/c1-22-11-5-6-13(14(8-11)18(20)21)17-15(19)9-23-12-4-2-3-10(16)7-12/h2-8H,9H2,1H3,(H,17,19). The smallest absolute Gasteiger partial charge is 0.296 e. The molecule has 0 unspecified atom stereocenters. The second kappa shape index (κ2) is 7.21. The first-order valence-corrected chi connectivity index (χ1v) is 6.50. The van der Waals surface area contributed by atoms with Crippen LogP contribution in [-0.2, 0) is 4.79 Å². The van der Waals surface area contributed by atoms with Crippen molar-refractivity contribution >= 4 is 17.3 Å². The van der Waals surface area contributed by atoms with Crippen LogP contribution < -0.4 is 14.8 Å². The monoisotopic (exact) mass is 320 g/mol. The van der Waals surface area contributed by atoms with Gasteiger partial charge in [0.15, 0.2) is 6.61 Å². The van der Waals surface area contributed by atoms with Crippen LogP contribution >= 0.6 is 0 Å². The molecule has 0 aliphatic carbocycles. The van der Waals surface area contributed by atoms with Crippen molar-refractivity contribution in [3.8, 4) is 11.5 Å². The first-order chi connectivity index (χ1) is 11.0. The highest BCUT2D eigenvalue weighted by atomic mass is 19.1. The van der Waals surface area contributed by atoms with Crippen molar-refractivity contribution in [2.75, 3.05) is 19.0 Å². The molecule has 7 nitrogen and oxygen atoms in total. The minimum Gasteiger partial charge on any atom is -0.496 e. The number of nitro benzene ring substituents is 1. The van der Waals surface area contributed by atoms with Gasteiger partial charge in [-0.15, -0.1) is 0 Å². The zero-order valence-electron chi connectivity index (χ0n) is 12.1. The summed E-state index contributed by atoms with van der Waals surface area (Å²) in [5.74, 6) is -0.619. The number of amides is 1. The third kappa shape index (κ3) is 4.40. The highest BCUT2D eigenvalue weighted by Gasteiger charge is 2.17. The highest BCUT2D eigenvalue weighted by molar-refractivity contribution is 5.94. The topological polar surface area (TPSA) is 90.7 Å². The van der Waals surface area contributed by atoms with Gasteiger partial charge in [-0.1, -0.05) is 6.07 Å². The lowest BCUT2D eigenvalue weighted by molar-refractivity contribution is -0.384. The van der Waals surface area contributed by atoms with Crippen molar-refractivity contribution in [2.45, 2.75) is 0 Å². The fourth-order valence-electron chi connectivity index (χ4n) is 1.79. The van der Waals surface area contributed by atoms with E-state index in [-0.39, 0.29) is 17.1 Å². The molecule has 0 aliphatic heterocycles. The van der Waals surface area contributed by atoms with Gasteiger partial charge in [0.1, 0.15) is 23.0 Å². The van der Waals surface area contributed by atoms with E-state index in [4.69, 9.17) is 9.47 Å². The van der Waals surface area contributed by atoms with Crippen LogP contribution in [0.15, 0.2) is 42.5 Å². The number of hydrogen-bond donors (Lipinski definition) is 1. The Morgan fingerprint density at radius 1 is 1.26 bits per heavy atom. The molecule has 0 saturated carbocycles. The Kier molecular flexibility index (Phi) is 5.08. The van der Waals surface area contributed by atoms with Crippen LogP contribution in [0.1, 0.15) is 0 Å². The summed E-state index contributed by atoms with van der Waals surface area (Å²) in [6.45, 7) is -0.410. The summed E-state index contributed by atoms with van der Waals surface area (Å²) in [6, 6.07) is 9.34. The number of halogens is 1. The van der Waals surface area contributed by atoms with Gasteiger partial charge in [0.25, 0.3) is 11.6 Å². The van der Waals surface area contributed by atoms with E-state index in [1.54, 1.807) is 0 Å². The number of carbonyl (C=O) groups excluding carboxylic acids is 1. The Morgan fingerprint density at radius 2 is 2.04 bits per heavy atom. The van der Waals surface area contributed by atoms with E-state index in [2.05, 4.69) is 5.32 Å². The van der Waals surface area contributed by atoms with Gasteiger partial charge in [-0.25, -0.2) is 4.39 Å². The number of anilines is 1. The summed E-state index contributed by atoms with van der Waals surface area (Å²) in [6.07, 6.45) is 0. The number of nitrogens with zero attached hydrogens (tertiary/aromatic N) is 1. The zero-order chi connectivity index (χ0) is 16.8. The predicted molar refractivity (Wildman–Crippen MR) is 80.2 cm³/mol. The molecule has 0 spiro atoms. The molecule has 8 heteroatoms. The average Bonchev–Trinajstić information content (AvgIpc) is 2.53. The van der Waals surface area contributed by atoms with Crippen LogP contribution in [0.2, 0.25) is 0 Å². The summed E-state index contributed by atoms with van der Waals surface area (Å²) in [4.78, 5) is 22.2. The number of ether oxygens (including phenoxy) is 2. The first kappa shape index (κ1) is 16.2. The van der Waals surface area contributed by atoms with Gasteiger partial charge in [-0.3, -0.25) is 14.9 Å². The van der Waals surface area contributed by atoms with Gasteiger partial charge in [0.05, 0.1) is 18.1 Å². The average molecular weight is 320 g/mol. The third-order valence-electron chi connectivity index (χ3n) is 2.84. The number of carbonyl (C=O) groups is 1. The number of methoxy groups -OCH3 is 1. The molecule has 0 atom stereocenters. The largest absolute Gasteiger partial charge is 0.496 e. The molecule has 0 aliphatic rings. The fourth-order valence-corrected chi connectivity index (χ4v) is 1.79. The van der Waals surface area contributed by atoms with Crippen LogP contribution in [0.5, 0.6) is 11.5 Å². The lowest BCUT2D eigenvalue weighted by Crippen LogP contribution is -2.20. The number of nitro groups is 1. The quantitative estimate of drug-likeness (QED) is 0.653. The Bertz CT molecular complexity index is 736. The Morgan fingerprint density at radius 3 is 2.70 bits per heavy atom. The second-order valence-electron chi connectivity index (χ2n) is 4.43. The third-order valence-corrected chi connectivity index (χ3v) is 2.84. The molecule has 0 heterocycles. The number of nitrogens with one attached hydrogen (secondary N) is 1. The molecule has 120 valence electrons. The minimum absolute atomic E-state index is 0.0173. The molecule has 0 fully saturated rings. The minimum atomic E-state index is -0.633. The molecular weight excluding hydrogens is 307 g/mol. The van der Waals surface area contributed by atoms with Crippen LogP contribution in [0.25, 0.3) is 0 Å². The molecule has 23 heavy (non-hydrogen) atoms. The van der Waals surface area contributed by atoms with Gasteiger partial charge in [0, 0.05) is 6.07 Å². The molecule has 0 bridgehead atoms. The first-order valence-electron chi connectivity index (χ1n) is 6.50. The molecule has 2 aromatic carbocycles. The van der Waals surface area contributed by atoms with Crippen molar-refractivity contribution in [3.05, 3.63) is 58.4 Å². The molecule has 0 aromatic heterocycles. The van der Waals surface area contributed by atoms with E-state index in [0.717, 1.165) is 6.07 Å². The SMILES string of the molecule is COc1ccc(NC(=O)COc2cccc(F)c2)c([N+](=O)[O-])c1. The summed E-state index contributed by atoms with van der Waals surface area (Å²) in [7, 11) is 1.38. The zero-order valence-corrected chi connectivity index (χ0v) is 12.1. The number of rotatable bonds is 6. The van der Waals surface area contributed by atoms with Crippen LogP contribution in [-0.4, -0.2) is 24.5 Å². The van der Waals surface area contributed by atoms with Crippen LogP contribution in [0.3, 0.4) is 0 Å². The Labute approximate surface area is 130 Å². The molecule has 0 radical (unpaired) electrons. The molecule has 1 amide bonds. The van der Waals surface area contributed by atoms with Crippen molar-refractivity contribution in [1.82, 2.24) is 0 Å². The van der Waals surface area contributed by atoms with Gasteiger partial charge in [-0.05, 0) is 24.3 Å². The van der Waals surface area contributed by atoms with Gasteiger partial charge in [-0.2, -0.15) is 0 Å². The van der Waals surface area contributed by atoms with E-state index in [1.807, 2.05) is 0 Å². The molecule has 0 saturated heterocycles. The van der Waals surface area contributed by atoms with E-state index in [0.29, 0.717) is 5.75 Å². The maximum atomic E-state index is 13.0. The van der Waals surface area contributed by atoms with Crippen LogP contribution in [0, 0.1) is 15.9 Å². The van der Waals surface area contributed by atoms with E-state index in [1.165, 1.54) is 43.5 Å². The molecule has 2 aromatic rings. The maximum absolute atomic E-state index is 13.0. The lowest BCUT2D eigenvalue weighted by Gasteiger charge is -2.09. The van der Waals surface area contributed by atoms with Crippen molar-refractivity contribution < 1.29 is 23.6 Å². The van der Waals surface area contributed by atoms with E-state index >= 15 is 0 Å². The van der Waals surface area contributed by atoms with Gasteiger partial charge >= 0.3 is 0 Å². The van der Waals surface area contributed by atoms with Crippen molar-refractivity contribution in [3.63, 3.8) is 0 Å². The lowest BCUT2D eigenvalue weighted by atomic mass is 10.2. The molecule has 2 rings (SSSR count). The Balaban J connectivity index is 2.04. The highest BCUT2D eigenvalue weighted by Crippen LogP contribution is 2.28. The molecular formula is C15H13FN2O5. The van der Waals surface area contributed by atoms with Crippen LogP contribution in [0.4, 0.5) is 15.8 Å². The van der Waals surface area contributed by atoms with E-state index in [9.17, 15) is 19.3 Å². The Hall–Kier alpha value is -3.16. The summed E-state index contributed by atoms with van der Waals surface area (Å²) < 4.78 is 23.0.